The molecule has 0 N–H and O–H groups in total. The van der Waals surface area contributed by atoms with Gasteiger partial charge in [0.05, 0.1) is 12.3 Å². The van der Waals surface area contributed by atoms with Crippen LogP contribution in [0.2, 0.25) is 0 Å². The summed E-state index contributed by atoms with van der Waals surface area (Å²) < 4.78 is 5.21. The van der Waals surface area contributed by atoms with Gasteiger partial charge in [-0.3, -0.25) is 0 Å². The molecule has 3 aromatic rings. The summed E-state index contributed by atoms with van der Waals surface area (Å²) in [6.45, 7) is 4.29. The molecule has 4 heteroatoms. The Morgan fingerprint density at radius 3 is 2.33 bits per heavy atom. The third-order valence-electron chi connectivity index (χ3n) is 3.74. The molecule has 0 aliphatic heterocycles. The standard InChI is InChI=1S/C20H19NO2S/c1-3-14-10-12-16(13-11-14)19-21-17(15-8-6-5-7-9-15)18(24-19)20(22)23-4-2/h5-13H,3-4H2,1-2H3. The van der Waals surface area contributed by atoms with Gasteiger partial charge in [0.1, 0.15) is 9.88 Å². The minimum atomic E-state index is -0.315. The van der Waals surface area contributed by atoms with Gasteiger partial charge in [0.2, 0.25) is 0 Å². The highest BCUT2D eigenvalue weighted by Crippen LogP contribution is 2.34. The summed E-state index contributed by atoms with van der Waals surface area (Å²) in [6.07, 6.45) is 1.00. The van der Waals surface area contributed by atoms with Crippen molar-refractivity contribution in [3.63, 3.8) is 0 Å². The summed E-state index contributed by atoms with van der Waals surface area (Å²) in [6, 6.07) is 18.1. The normalized spacial score (nSPS) is 10.6. The summed E-state index contributed by atoms with van der Waals surface area (Å²) in [4.78, 5) is 17.6. The second-order valence-electron chi connectivity index (χ2n) is 5.33. The Balaban J connectivity index is 2.06. The van der Waals surface area contributed by atoms with Gasteiger partial charge in [-0.15, -0.1) is 11.3 Å². The molecule has 3 rings (SSSR count). The van der Waals surface area contributed by atoms with Crippen LogP contribution in [-0.2, 0) is 11.2 Å². The Hall–Kier alpha value is -2.46. The van der Waals surface area contributed by atoms with E-state index in [1.807, 2.05) is 37.3 Å². The molecule has 1 aromatic heterocycles. The Morgan fingerprint density at radius 1 is 1.00 bits per heavy atom. The summed E-state index contributed by atoms with van der Waals surface area (Å²) in [5.74, 6) is -0.315. The predicted octanol–water partition coefficient (Wildman–Crippen LogP) is 5.22. The van der Waals surface area contributed by atoms with Crippen molar-refractivity contribution in [2.45, 2.75) is 20.3 Å². The number of aromatic nitrogens is 1. The van der Waals surface area contributed by atoms with Crippen LogP contribution in [0.4, 0.5) is 0 Å². The van der Waals surface area contributed by atoms with Gasteiger partial charge >= 0.3 is 5.97 Å². The summed E-state index contributed by atoms with van der Waals surface area (Å²) in [7, 11) is 0. The third-order valence-corrected chi connectivity index (χ3v) is 4.83. The van der Waals surface area contributed by atoms with Crippen molar-refractivity contribution >= 4 is 17.3 Å². The lowest BCUT2D eigenvalue weighted by Crippen LogP contribution is -2.03. The minimum Gasteiger partial charge on any atom is -0.462 e. The number of benzene rings is 2. The lowest BCUT2D eigenvalue weighted by atomic mass is 10.1. The van der Waals surface area contributed by atoms with E-state index >= 15 is 0 Å². The maximum Gasteiger partial charge on any atom is 0.350 e. The maximum absolute atomic E-state index is 12.3. The number of thiazole rings is 1. The van der Waals surface area contributed by atoms with E-state index in [1.165, 1.54) is 16.9 Å². The van der Waals surface area contributed by atoms with Gasteiger partial charge in [-0.1, -0.05) is 61.5 Å². The van der Waals surface area contributed by atoms with Crippen molar-refractivity contribution in [3.05, 3.63) is 65.0 Å². The van der Waals surface area contributed by atoms with Gasteiger partial charge in [-0.2, -0.15) is 0 Å². The van der Waals surface area contributed by atoms with Gasteiger partial charge in [0.15, 0.2) is 0 Å². The molecule has 2 aromatic carbocycles. The quantitative estimate of drug-likeness (QED) is 0.599. The second kappa shape index (κ2) is 7.41. The van der Waals surface area contributed by atoms with E-state index in [0.717, 1.165) is 22.6 Å². The number of hydrogen-bond acceptors (Lipinski definition) is 4. The molecule has 0 bridgehead atoms. The molecule has 0 fully saturated rings. The van der Waals surface area contributed by atoms with Crippen LogP contribution in [0.1, 0.15) is 29.1 Å². The van der Waals surface area contributed by atoms with Crippen LogP contribution in [0.15, 0.2) is 54.6 Å². The molecular weight excluding hydrogens is 318 g/mol. The zero-order valence-electron chi connectivity index (χ0n) is 13.8. The molecule has 0 spiro atoms. The van der Waals surface area contributed by atoms with Crippen LogP contribution in [0.5, 0.6) is 0 Å². The first-order chi connectivity index (χ1) is 11.7. The molecule has 0 saturated heterocycles. The minimum absolute atomic E-state index is 0.315. The van der Waals surface area contributed by atoms with Crippen LogP contribution in [0.3, 0.4) is 0 Å². The fourth-order valence-corrected chi connectivity index (χ4v) is 3.44. The van der Waals surface area contributed by atoms with Crippen molar-refractivity contribution < 1.29 is 9.53 Å². The predicted molar refractivity (Wildman–Crippen MR) is 98.3 cm³/mol. The number of ether oxygens (including phenoxy) is 1. The number of rotatable bonds is 5. The maximum atomic E-state index is 12.3. The third kappa shape index (κ3) is 3.39. The van der Waals surface area contributed by atoms with E-state index in [2.05, 4.69) is 31.2 Å². The summed E-state index contributed by atoms with van der Waals surface area (Å²) in [5, 5.41) is 0.833. The number of esters is 1. The SMILES string of the molecule is CCOC(=O)c1sc(-c2ccc(CC)cc2)nc1-c1ccccc1. The Bertz CT molecular complexity index is 823. The van der Waals surface area contributed by atoms with Gasteiger partial charge in [-0.25, -0.2) is 9.78 Å². The van der Waals surface area contributed by atoms with Crippen LogP contribution in [0.25, 0.3) is 21.8 Å². The molecule has 0 amide bonds. The molecule has 3 nitrogen and oxygen atoms in total. The van der Waals surface area contributed by atoms with Gasteiger partial charge < -0.3 is 4.74 Å². The van der Waals surface area contributed by atoms with Crippen molar-refractivity contribution in [1.82, 2.24) is 4.98 Å². The zero-order valence-corrected chi connectivity index (χ0v) is 14.6. The molecule has 0 saturated carbocycles. The van der Waals surface area contributed by atoms with E-state index in [0.29, 0.717) is 17.2 Å². The topological polar surface area (TPSA) is 39.2 Å². The first-order valence-electron chi connectivity index (χ1n) is 8.05. The van der Waals surface area contributed by atoms with Crippen LogP contribution in [0, 0.1) is 0 Å². The van der Waals surface area contributed by atoms with Gasteiger partial charge in [0, 0.05) is 11.1 Å². The molecule has 0 aliphatic carbocycles. The lowest BCUT2D eigenvalue weighted by molar-refractivity contribution is 0.0532. The van der Waals surface area contributed by atoms with Gasteiger partial charge in [-0.05, 0) is 18.9 Å². The monoisotopic (exact) mass is 337 g/mol. The van der Waals surface area contributed by atoms with Crippen LogP contribution < -0.4 is 0 Å². The fraction of sp³-hybridized carbons (Fsp3) is 0.200. The number of carbonyl (C=O) groups is 1. The number of hydrogen-bond donors (Lipinski definition) is 0. The molecule has 24 heavy (non-hydrogen) atoms. The zero-order chi connectivity index (χ0) is 16.9. The van der Waals surface area contributed by atoms with Crippen LogP contribution in [-0.4, -0.2) is 17.6 Å². The highest BCUT2D eigenvalue weighted by molar-refractivity contribution is 7.17. The Morgan fingerprint density at radius 2 is 1.71 bits per heavy atom. The molecule has 0 aliphatic rings. The lowest BCUT2D eigenvalue weighted by Gasteiger charge is -2.01. The second-order valence-corrected chi connectivity index (χ2v) is 6.33. The number of aryl methyl sites for hydroxylation is 1. The number of carbonyl (C=O) groups excluding carboxylic acids is 1. The van der Waals surface area contributed by atoms with E-state index in [4.69, 9.17) is 9.72 Å². The molecular formula is C20H19NO2S. The molecule has 0 unspecified atom stereocenters. The van der Waals surface area contributed by atoms with Crippen molar-refractivity contribution in [1.29, 1.82) is 0 Å². The summed E-state index contributed by atoms with van der Waals surface area (Å²) >= 11 is 1.38. The first kappa shape index (κ1) is 16.4. The fourth-order valence-electron chi connectivity index (χ4n) is 2.45. The van der Waals surface area contributed by atoms with E-state index in [9.17, 15) is 4.79 Å². The smallest absolute Gasteiger partial charge is 0.350 e. The van der Waals surface area contributed by atoms with Crippen LogP contribution >= 0.6 is 11.3 Å². The molecule has 122 valence electrons. The average molecular weight is 337 g/mol. The average Bonchev–Trinajstić information content (AvgIpc) is 3.08. The number of nitrogens with zero attached hydrogens (tertiary/aromatic N) is 1. The first-order valence-corrected chi connectivity index (χ1v) is 8.87. The highest BCUT2D eigenvalue weighted by atomic mass is 32.1. The van der Waals surface area contributed by atoms with Crippen molar-refractivity contribution in [2.24, 2.45) is 0 Å². The Kier molecular flexibility index (Phi) is 5.06. The van der Waals surface area contributed by atoms with Crippen molar-refractivity contribution in [3.8, 4) is 21.8 Å². The summed E-state index contributed by atoms with van der Waals surface area (Å²) in [5.41, 5.74) is 3.91. The molecule has 0 radical (unpaired) electrons. The van der Waals surface area contributed by atoms with Crippen molar-refractivity contribution in [2.75, 3.05) is 6.61 Å². The largest absolute Gasteiger partial charge is 0.462 e. The van der Waals surface area contributed by atoms with Gasteiger partial charge in [0.25, 0.3) is 0 Å². The molecule has 0 atom stereocenters. The highest BCUT2D eigenvalue weighted by Gasteiger charge is 2.21. The molecule has 1 heterocycles. The van der Waals surface area contributed by atoms with E-state index in [1.54, 1.807) is 0 Å². The van der Waals surface area contributed by atoms with E-state index in [-0.39, 0.29) is 5.97 Å². The Labute approximate surface area is 146 Å². The van der Waals surface area contributed by atoms with E-state index < -0.39 is 0 Å².